The Balaban J connectivity index is 4.26. The zero-order valence-electron chi connectivity index (χ0n) is 7.93. The van der Waals surface area contributed by atoms with Crippen LogP contribution in [0.3, 0.4) is 0 Å². The van der Waals surface area contributed by atoms with Crippen molar-refractivity contribution in [3.63, 3.8) is 0 Å². The smallest absolute Gasteiger partial charge is 0.241 e. The number of hydrogen-bond donors (Lipinski definition) is 0. The van der Waals surface area contributed by atoms with Crippen LogP contribution < -0.4 is 5.73 Å². The van der Waals surface area contributed by atoms with E-state index in [1.807, 2.05) is 20.8 Å². The summed E-state index contributed by atoms with van der Waals surface area (Å²) in [5, 5.41) is 0. The number of carbonyl (C=O) groups is 1. The van der Waals surface area contributed by atoms with Gasteiger partial charge >= 0.3 is 0 Å². The van der Waals surface area contributed by atoms with Gasteiger partial charge in [-0.25, -0.2) is 5.73 Å². The van der Waals surface area contributed by atoms with Gasteiger partial charge in [-0.2, -0.15) is 0 Å². The fourth-order valence-corrected chi connectivity index (χ4v) is 0.629. The van der Waals surface area contributed by atoms with Crippen LogP contribution in [0.2, 0.25) is 0 Å². The van der Waals surface area contributed by atoms with E-state index in [-0.39, 0.29) is 11.3 Å². The summed E-state index contributed by atoms with van der Waals surface area (Å²) in [6, 6.07) is -0.655. The van der Waals surface area contributed by atoms with Crippen molar-refractivity contribution in [2.24, 2.45) is 5.41 Å². The van der Waals surface area contributed by atoms with Crippen LogP contribution >= 0.6 is 0 Å². The molecule has 0 saturated heterocycles. The summed E-state index contributed by atoms with van der Waals surface area (Å²) in [6.45, 7) is 5.68. The van der Waals surface area contributed by atoms with E-state index in [2.05, 4.69) is 0 Å². The van der Waals surface area contributed by atoms with E-state index in [4.69, 9.17) is 5.73 Å². The van der Waals surface area contributed by atoms with Crippen molar-refractivity contribution >= 4 is 5.91 Å². The summed E-state index contributed by atoms with van der Waals surface area (Å²) in [5.74, 6) is -0.127. The van der Waals surface area contributed by atoms with Crippen molar-refractivity contribution in [1.82, 2.24) is 10.6 Å². The first kappa shape index (κ1) is 10.4. The third-order valence-corrected chi connectivity index (χ3v) is 1.55. The van der Waals surface area contributed by atoms with Crippen molar-refractivity contribution in [1.29, 1.82) is 0 Å². The Bertz CT molecular complexity index is 147. The molecule has 1 amide bonds. The molecule has 1 atom stereocenters. The van der Waals surface area contributed by atoms with Crippen molar-refractivity contribution in [2.45, 2.75) is 26.8 Å². The molecule has 3 nitrogen and oxygen atoms in total. The van der Waals surface area contributed by atoms with Gasteiger partial charge in [-0.3, -0.25) is 4.79 Å². The highest BCUT2D eigenvalue weighted by atomic mass is 16.2. The second-order valence-electron chi connectivity index (χ2n) is 4.03. The van der Waals surface area contributed by atoms with Crippen molar-refractivity contribution in [2.75, 3.05) is 14.1 Å². The van der Waals surface area contributed by atoms with Gasteiger partial charge < -0.3 is 4.90 Å². The maximum Gasteiger partial charge on any atom is 0.241 e. The Morgan fingerprint density at radius 3 is 1.82 bits per heavy atom. The lowest BCUT2D eigenvalue weighted by Crippen LogP contribution is -2.42. The molecule has 0 saturated carbocycles. The summed E-state index contributed by atoms with van der Waals surface area (Å²) in [4.78, 5) is 12.7. The summed E-state index contributed by atoms with van der Waals surface area (Å²) in [7, 11) is 3.35. The molecule has 0 bridgehead atoms. The van der Waals surface area contributed by atoms with Crippen molar-refractivity contribution < 1.29 is 4.79 Å². The highest BCUT2D eigenvalue weighted by Crippen LogP contribution is 2.19. The van der Waals surface area contributed by atoms with Crippen LogP contribution in [0.15, 0.2) is 0 Å². The van der Waals surface area contributed by atoms with Crippen LogP contribution in [0, 0.1) is 5.41 Å². The van der Waals surface area contributed by atoms with Gasteiger partial charge in [-0.1, -0.05) is 20.8 Å². The van der Waals surface area contributed by atoms with Gasteiger partial charge in [0.25, 0.3) is 0 Å². The first-order chi connectivity index (χ1) is 4.76. The lowest BCUT2D eigenvalue weighted by molar-refractivity contribution is -0.132. The minimum Gasteiger partial charge on any atom is -0.347 e. The molecule has 0 rings (SSSR count). The van der Waals surface area contributed by atoms with Gasteiger partial charge in [0.2, 0.25) is 5.91 Å². The van der Waals surface area contributed by atoms with E-state index in [1.54, 1.807) is 14.1 Å². The maximum absolute atomic E-state index is 11.2. The minimum absolute atomic E-state index is 0.127. The van der Waals surface area contributed by atoms with Gasteiger partial charge in [-0.05, 0) is 5.41 Å². The Kier molecular flexibility index (Phi) is 3.05. The van der Waals surface area contributed by atoms with Crippen LogP contribution in [0.5, 0.6) is 0 Å². The average Bonchev–Trinajstić information content (AvgIpc) is 1.82. The number of carbonyl (C=O) groups excluding carboxylic acids is 1. The molecule has 0 aliphatic carbocycles. The molecule has 11 heavy (non-hydrogen) atoms. The number of amides is 1. The largest absolute Gasteiger partial charge is 0.347 e. The minimum atomic E-state index is -0.655. The van der Waals surface area contributed by atoms with E-state index >= 15 is 0 Å². The molecule has 0 aromatic heterocycles. The second-order valence-corrected chi connectivity index (χ2v) is 4.03. The van der Waals surface area contributed by atoms with Crippen LogP contribution in [0.25, 0.3) is 0 Å². The van der Waals surface area contributed by atoms with Gasteiger partial charge in [0.15, 0.2) is 0 Å². The topological polar surface area (TPSA) is 44.1 Å². The van der Waals surface area contributed by atoms with Crippen LogP contribution in [-0.2, 0) is 4.79 Å². The fourth-order valence-electron chi connectivity index (χ4n) is 0.629. The Hall–Kier alpha value is -0.570. The number of hydrogen-bond acceptors (Lipinski definition) is 1. The predicted molar refractivity (Wildman–Crippen MR) is 45.0 cm³/mol. The molecular formula is C8H17N2O. The Morgan fingerprint density at radius 1 is 1.36 bits per heavy atom. The molecule has 65 valence electrons. The molecule has 0 aliphatic rings. The van der Waals surface area contributed by atoms with Crippen molar-refractivity contribution in [3.8, 4) is 0 Å². The first-order valence-electron chi connectivity index (χ1n) is 3.69. The fraction of sp³-hybridized carbons (Fsp3) is 0.875. The summed E-state index contributed by atoms with van der Waals surface area (Å²) in [6.07, 6.45) is 0. The van der Waals surface area contributed by atoms with Crippen LogP contribution in [-0.4, -0.2) is 30.9 Å². The summed E-state index contributed by atoms with van der Waals surface area (Å²) in [5.41, 5.74) is 7.31. The zero-order chi connectivity index (χ0) is 9.23. The summed E-state index contributed by atoms with van der Waals surface area (Å²) >= 11 is 0. The number of likely N-dealkylation sites (N-methyl/N-ethyl adjacent to an activating group) is 1. The van der Waals surface area contributed by atoms with Gasteiger partial charge in [0.05, 0.1) is 0 Å². The number of nitrogens with zero attached hydrogens (tertiary/aromatic N) is 1. The molecule has 0 aliphatic heterocycles. The highest BCUT2D eigenvalue weighted by Gasteiger charge is 2.28. The van der Waals surface area contributed by atoms with Crippen molar-refractivity contribution in [3.05, 3.63) is 0 Å². The van der Waals surface area contributed by atoms with E-state index in [0.717, 1.165) is 0 Å². The lowest BCUT2D eigenvalue weighted by atomic mass is 9.87. The van der Waals surface area contributed by atoms with Crippen LogP contribution in [0.1, 0.15) is 20.8 Å². The molecule has 1 N–H and O–H groups in total. The second kappa shape index (κ2) is 3.22. The van der Waals surface area contributed by atoms with Gasteiger partial charge in [0, 0.05) is 14.1 Å². The normalized spacial score (nSPS) is 14.4. The quantitative estimate of drug-likeness (QED) is 0.554. The standard InChI is InChI=1S/C8H17N2O/c1-8(2,3)6(9)7(11)10(4)5/h6,9H,1-5H3. The Morgan fingerprint density at radius 2 is 1.73 bits per heavy atom. The van der Waals surface area contributed by atoms with E-state index in [1.165, 1.54) is 4.90 Å². The highest BCUT2D eigenvalue weighted by molar-refractivity contribution is 5.81. The molecular weight excluding hydrogens is 140 g/mol. The van der Waals surface area contributed by atoms with Gasteiger partial charge in [0.1, 0.15) is 6.04 Å². The molecule has 0 spiro atoms. The van der Waals surface area contributed by atoms with Gasteiger partial charge in [-0.15, -0.1) is 0 Å². The molecule has 0 aromatic carbocycles. The van der Waals surface area contributed by atoms with E-state index in [0.29, 0.717) is 0 Å². The summed E-state index contributed by atoms with van der Waals surface area (Å²) < 4.78 is 0. The molecule has 0 fully saturated rings. The Labute approximate surface area is 68.6 Å². The molecule has 3 heteroatoms. The maximum atomic E-state index is 11.2. The predicted octanol–water partition coefficient (Wildman–Crippen LogP) is 0.772. The SMILES string of the molecule is CN(C)C(=O)C([NH])C(C)(C)C. The molecule has 1 unspecified atom stereocenters. The molecule has 0 aromatic rings. The third-order valence-electron chi connectivity index (χ3n) is 1.55. The van der Waals surface area contributed by atoms with E-state index in [9.17, 15) is 4.79 Å². The number of rotatable bonds is 1. The van der Waals surface area contributed by atoms with Crippen LogP contribution in [0.4, 0.5) is 0 Å². The monoisotopic (exact) mass is 157 g/mol. The molecule has 1 radical (unpaired) electrons. The lowest BCUT2D eigenvalue weighted by Gasteiger charge is -2.27. The first-order valence-corrected chi connectivity index (χ1v) is 3.69. The average molecular weight is 157 g/mol. The molecule has 0 heterocycles. The zero-order valence-corrected chi connectivity index (χ0v) is 7.93. The van der Waals surface area contributed by atoms with E-state index < -0.39 is 6.04 Å². The third kappa shape index (κ3) is 2.89. The number of nitrogens with one attached hydrogen (secondary N) is 1.